The second-order valence-electron chi connectivity index (χ2n) is 6.28. The topological polar surface area (TPSA) is 138 Å². The van der Waals surface area contributed by atoms with Crippen molar-refractivity contribution >= 4 is 29.5 Å². The summed E-state index contributed by atoms with van der Waals surface area (Å²) in [4.78, 5) is 29.3. The first-order chi connectivity index (χ1) is 14.0. The van der Waals surface area contributed by atoms with Crippen molar-refractivity contribution < 1.29 is 14.3 Å². The lowest BCUT2D eigenvalue weighted by atomic mass is 10.1. The van der Waals surface area contributed by atoms with Crippen LogP contribution in [0.15, 0.2) is 28.8 Å². The minimum absolute atomic E-state index is 0.0471. The maximum atomic E-state index is 12.5. The maximum Gasteiger partial charge on any atom is 0.302 e. The van der Waals surface area contributed by atoms with Gasteiger partial charge >= 0.3 is 6.01 Å². The second kappa shape index (κ2) is 9.11. The zero-order valence-electron chi connectivity index (χ0n) is 16.5. The molecular weight excluding hydrogens is 374 g/mol. The Bertz CT molecular complexity index is 983. The first kappa shape index (κ1) is 20.2. The summed E-state index contributed by atoms with van der Waals surface area (Å²) < 4.78 is 5.50. The van der Waals surface area contributed by atoms with Crippen LogP contribution in [0.2, 0.25) is 0 Å². The quantitative estimate of drug-likeness (QED) is 0.451. The zero-order chi connectivity index (χ0) is 20.8. The molecule has 0 saturated heterocycles. The summed E-state index contributed by atoms with van der Waals surface area (Å²) in [5.41, 5.74) is 2.65. The molecule has 0 radical (unpaired) electrons. The monoisotopic (exact) mass is 397 g/mol. The number of nitrogens with one attached hydrogen (secondary N) is 3. The molecule has 10 heteroatoms. The van der Waals surface area contributed by atoms with Crippen LogP contribution in [0.3, 0.4) is 0 Å². The summed E-state index contributed by atoms with van der Waals surface area (Å²) in [6, 6.07) is 5.85. The predicted molar refractivity (Wildman–Crippen MR) is 108 cm³/mol. The van der Waals surface area contributed by atoms with Crippen LogP contribution in [-0.2, 0) is 6.42 Å². The summed E-state index contributed by atoms with van der Waals surface area (Å²) in [5.74, 6) is 0.757. The lowest BCUT2D eigenvalue weighted by molar-refractivity contribution is 0.0997. The predicted octanol–water partition coefficient (Wildman–Crippen LogP) is 2.44. The lowest BCUT2D eigenvalue weighted by Crippen LogP contribution is -2.13. The first-order valence-corrected chi connectivity index (χ1v) is 9.20. The number of rotatable bonds is 8. The molecule has 10 nitrogen and oxygen atoms in total. The molecule has 1 amide bonds. The number of hydrogen-bond donors (Lipinski definition) is 4. The highest BCUT2D eigenvalue weighted by Gasteiger charge is 2.16. The van der Waals surface area contributed by atoms with Gasteiger partial charge in [0.2, 0.25) is 17.7 Å². The molecule has 3 aromatic rings. The van der Waals surface area contributed by atoms with Crippen LogP contribution < -0.4 is 16.0 Å². The Hall–Kier alpha value is -3.53. The number of carbonyl (C=O) groups excluding carboxylic acids is 1. The first-order valence-electron chi connectivity index (χ1n) is 9.20. The molecule has 0 aliphatic heterocycles. The molecule has 0 atom stereocenters. The van der Waals surface area contributed by atoms with Gasteiger partial charge in [-0.2, -0.15) is 15.0 Å². The van der Waals surface area contributed by atoms with Gasteiger partial charge in [0.05, 0.1) is 12.8 Å². The fourth-order valence-corrected chi connectivity index (χ4v) is 2.60. The van der Waals surface area contributed by atoms with Crippen LogP contribution in [0, 0.1) is 13.8 Å². The molecule has 29 heavy (non-hydrogen) atoms. The van der Waals surface area contributed by atoms with Gasteiger partial charge in [0.1, 0.15) is 5.82 Å². The van der Waals surface area contributed by atoms with E-state index in [0.717, 1.165) is 16.8 Å². The molecule has 0 bridgehead atoms. The number of benzene rings is 1. The Morgan fingerprint density at radius 2 is 1.86 bits per heavy atom. The van der Waals surface area contributed by atoms with E-state index in [9.17, 15) is 4.79 Å². The van der Waals surface area contributed by atoms with Crippen LogP contribution in [0.25, 0.3) is 0 Å². The highest BCUT2D eigenvalue weighted by atomic mass is 16.4. The van der Waals surface area contributed by atoms with Gasteiger partial charge in [0, 0.05) is 18.7 Å². The maximum absolute atomic E-state index is 12.5. The number of nitrogens with zero attached hydrogens (tertiary/aromatic N) is 4. The van der Waals surface area contributed by atoms with Gasteiger partial charge in [-0.25, -0.2) is 4.98 Å². The molecule has 2 heterocycles. The number of aliphatic hydroxyl groups is 1. The largest absolute Gasteiger partial charge is 0.418 e. The zero-order valence-corrected chi connectivity index (χ0v) is 16.5. The van der Waals surface area contributed by atoms with Gasteiger partial charge in [-0.1, -0.05) is 25.1 Å². The van der Waals surface area contributed by atoms with Gasteiger partial charge in [0.25, 0.3) is 5.91 Å². The van der Waals surface area contributed by atoms with E-state index in [1.54, 1.807) is 0 Å². The van der Waals surface area contributed by atoms with Crippen molar-refractivity contribution in [3.05, 3.63) is 47.1 Å². The number of amides is 1. The van der Waals surface area contributed by atoms with E-state index in [1.807, 2.05) is 39.0 Å². The van der Waals surface area contributed by atoms with Crippen molar-refractivity contribution in [1.82, 2.24) is 19.9 Å². The molecule has 0 unspecified atom stereocenters. The third-order valence-electron chi connectivity index (χ3n) is 4.06. The number of aromatic nitrogens is 4. The van der Waals surface area contributed by atoms with Gasteiger partial charge < -0.3 is 20.2 Å². The Morgan fingerprint density at radius 3 is 2.55 bits per heavy atom. The summed E-state index contributed by atoms with van der Waals surface area (Å²) >= 11 is 0. The van der Waals surface area contributed by atoms with Gasteiger partial charge in [-0.15, -0.1) is 0 Å². The normalized spacial score (nSPS) is 10.6. The molecule has 0 aliphatic rings. The van der Waals surface area contributed by atoms with E-state index in [4.69, 9.17) is 9.52 Å². The number of aryl methyl sites for hydroxylation is 3. The number of oxazole rings is 1. The number of carbonyl (C=O) groups is 1. The summed E-state index contributed by atoms with van der Waals surface area (Å²) in [7, 11) is 0. The SMILES string of the molecule is CCc1nc(NCCO)nc(Nc2ncc(C(=O)Nc3c(C)cccc3C)o2)n1. The van der Waals surface area contributed by atoms with E-state index in [2.05, 4.69) is 35.9 Å². The van der Waals surface area contributed by atoms with Crippen molar-refractivity contribution in [2.24, 2.45) is 0 Å². The van der Waals surface area contributed by atoms with Gasteiger partial charge in [0.15, 0.2) is 0 Å². The van der Waals surface area contributed by atoms with E-state index in [1.165, 1.54) is 6.20 Å². The molecule has 0 saturated carbocycles. The number of hydrogen-bond acceptors (Lipinski definition) is 9. The molecule has 3 rings (SSSR count). The van der Waals surface area contributed by atoms with Crippen molar-refractivity contribution in [1.29, 1.82) is 0 Å². The molecule has 4 N–H and O–H groups in total. The highest BCUT2D eigenvalue weighted by Crippen LogP contribution is 2.21. The fourth-order valence-electron chi connectivity index (χ4n) is 2.60. The average Bonchev–Trinajstić information content (AvgIpc) is 3.17. The third-order valence-corrected chi connectivity index (χ3v) is 4.06. The molecule has 0 fully saturated rings. The average molecular weight is 397 g/mol. The summed E-state index contributed by atoms with van der Waals surface area (Å²) in [6.45, 7) is 6.02. The minimum Gasteiger partial charge on any atom is -0.418 e. The molecule has 1 aromatic carbocycles. The molecule has 0 spiro atoms. The number of aliphatic hydroxyl groups excluding tert-OH is 1. The van der Waals surface area contributed by atoms with Crippen molar-refractivity contribution in [2.45, 2.75) is 27.2 Å². The summed E-state index contributed by atoms with van der Waals surface area (Å²) in [6.07, 6.45) is 1.93. The van der Waals surface area contributed by atoms with Gasteiger partial charge in [-0.3, -0.25) is 10.1 Å². The van der Waals surface area contributed by atoms with Crippen molar-refractivity contribution in [2.75, 3.05) is 29.1 Å². The highest BCUT2D eigenvalue weighted by molar-refractivity contribution is 6.03. The van der Waals surface area contributed by atoms with Crippen LogP contribution >= 0.6 is 0 Å². The Kier molecular flexibility index (Phi) is 6.35. The van der Waals surface area contributed by atoms with Crippen LogP contribution in [0.4, 0.5) is 23.6 Å². The van der Waals surface area contributed by atoms with Crippen molar-refractivity contribution in [3.63, 3.8) is 0 Å². The van der Waals surface area contributed by atoms with Crippen molar-refractivity contribution in [3.8, 4) is 0 Å². The fraction of sp³-hybridized carbons (Fsp3) is 0.316. The molecule has 0 aliphatic carbocycles. The Morgan fingerprint density at radius 1 is 1.14 bits per heavy atom. The molecular formula is C19H23N7O3. The van der Waals surface area contributed by atoms with E-state index < -0.39 is 5.91 Å². The Labute approximate surface area is 167 Å². The lowest BCUT2D eigenvalue weighted by Gasteiger charge is -2.10. The molecule has 152 valence electrons. The minimum atomic E-state index is -0.404. The number of para-hydroxylation sites is 1. The van der Waals surface area contributed by atoms with E-state index in [-0.39, 0.29) is 24.3 Å². The van der Waals surface area contributed by atoms with Crippen LogP contribution in [0.1, 0.15) is 34.4 Å². The third kappa shape index (κ3) is 5.05. The van der Waals surface area contributed by atoms with Crippen LogP contribution in [-0.4, -0.2) is 44.1 Å². The van der Waals surface area contributed by atoms with E-state index >= 15 is 0 Å². The Balaban J connectivity index is 1.74. The van der Waals surface area contributed by atoms with E-state index in [0.29, 0.717) is 24.7 Å². The smallest absolute Gasteiger partial charge is 0.302 e. The molecule has 2 aromatic heterocycles. The summed E-state index contributed by atoms with van der Waals surface area (Å²) in [5, 5.41) is 17.5. The van der Waals surface area contributed by atoms with Crippen LogP contribution in [0.5, 0.6) is 0 Å². The number of anilines is 4. The second-order valence-corrected chi connectivity index (χ2v) is 6.28. The van der Waals surface area contributed by atoms with Gasteiger partial charge in [-0.05, 0) is 25.0 Å². The standard InChI is InChI=1S/C19H23N7O3/c1-4-14-22-17(20-8-9-27)25-18(23-14)26-19-21-10-13(29-19)16(28)24-15-11(2)6-5-7-12(15)3/h5-7,10,27H,4,8-9H2,1-3H3,(H,24,28)(H2,20,21,22,23,25,26).